The highest BCUT2D eigenvalue weighted by Crippen LogP contribution is 2.21. The second kappa shape index (κ2) is 8.41. The first-order valence-corrected chi connectivity index (χ1v) is 7.79. The van der Waals surface area contributed by atoms with Crippen LogP contribution in [0.5, 0.6) is 0 Å². The van der Waals surface area contributed by atoms with Crippen LogP contribution in [0.25, 0.3) is 17.2 Å². The van der Waals surface area contributed by atoms with Crippen LogP contribution in [0.15, 0.2) is 54.9 Å². The molecule has 21 heavy (non-hydrogen) atoms. The fourth-order valence-corrected chi connectivity index (χ4v) is 2.48. The number of aryl methyl sites for hydroxylation is 1. The van der Waals surface area contributed by atoms with E-state index >= 15 is 0 Å². The summed E-state index contributed by atoms with van der Waals surface area (Å²) < 4.78 is 12.1. The lowest BCUT2D eigenvalue weighted by Crippen LogP contribution is -1.86. The molecule has 0 N–H and O–H groups in total. The molecule has 0 radical (unpaired) electrons. The zero-order valence-corrected chi connectivity index (χ0v) is 12.7. The molecular weight excluding hydrogens is 259 g/mol. The van der Waals surface area contributed by atoms with E-state index in [0.717, 1.165) is 5.56 Å². The molecule has 0 aliphatic rings. The average Bonchev–Trinajstić information content (AvgIpc) is 2.53. The van der Waals surface area contributed by atoms with Crippen LogP contribution in [0.1, 0.15) is 43.7 Å². The number of hydrogen-bond donors (Lipinski definition) is 0. The van der Waals surface area contributed by atoms with Crippen molar-refractivity contribution in [3.8, 4) is 11.1 Å². The van der Waals surface area contributed by atoms with Crippen LogP contribution in [0.3, 0.4) is 0 Å². The van der Waals surface area contributed by atoms with Gasteiger partial charge in [-0.2, -0.15) is 0 Å². The van der Waals surface area contributed by atoms with Gasteiger partial charge in [0.1, 0.15) is 0 Å². The van der Waals surface area contributed by atoms with E-state index in [2.05, 4.69) is 31.2 Å². The van der Waals surface area contributed by atoms with E-state index in [-0.39, 0.29) is 0 Å². The number of rotatable bonds is 7. The lowest BCUT2D eigenvalue weighted by atomic mass is 10.0. The van der Waals surface area contributed by atoms with Crippen molar-refractivity contribution in [2.75, 3.05) is 0 Å². The van der Waals surface area contributed by atoms with Gasteiger partial charge < -0.3 is 0 Å². The molecule has 0 spiro atoms. The van der Waals surface area contributed by atoms with Gasteiger partial charge in [0.2, 0.25) is 0 Å². The molecule has 0 aliphatic heterocycles. The minimum Gasteiger partial charge on any atom is -0.216 e. The molecule has 0 fully saturated rings. The molecule has 0 nitrogen and oxygen atoms in total. The molecule has 2 aromatic carbocycles. The maximum atomic E-state index is 12.1. The second-order valence-electron chi connectivity index (χ2n) is 5.42. The van der Waals surface area contributed by atoms with Gasteiger partial charge in [0.15, 0.2) is 0 Å². The van der Waals surface area contributed by atoms with E-state index in [9.17, 15) is 4.39 Å². The summed E-state index contributed by atoms with van der Waals surface area (Å²) in [5.74, 6) is 0. The summed E-state index contributed by atoms with van der Waals surface area (Å²) >= 11 is 0. The maximum absolute atomic E-state index is 12.1. The third-order valence-corrected chi connectivity index (χ3v) is 3.77. The molecule has 1 heteroatoms. The summed E-state index contributed by atoms with van der Waals surface area (Å²) in [7, 11) is 0. The first-order valence-electron chi connectivity index (χ1n) is 7.79. The molecule has 0 aromatic heterocycles. The summed E-state index contributed by atoms with van der Waals surface area (Å²) in [6.45, 7) is 2.24. The van der Waals surface area contributed by atoms with Crippen LogP contribution in [0, 0.1) is 0 Å². The highest BCUT2D eigenvalue weighted by atomic mass is 19.1. The Morgan fingerprint density at radius 2 is 1.43 bits per heavy atom. The Bertz CT molecular complexity index is 549. The summed E-state index contributed by atoms with van der Waals surface area (Å²) in [6, 6.07) is 16.7. The second-order valence-corrected chi connectivity index (χ2v) is 5.42. The Balaban J connectivity index is 1.97. The van der Waals surface area contributed by atoms with Crippen LogP contribution in [0.2, 0.25) is 0 Å². The molecule has 0 unspecified atom stereocenters. The fraction of sp³-hybridized carbons (Fsp3) is 0.300. The fourth-order valence-electron chi connectivity index (χ4n) is 2.48. The topological polar surface area (TPSA) is 0 Å². The lowest BCUT2D eigenvalue weighted by Gasteiger charge is -2.05. The summed E-state index contributed by atoms with van der Waals surface area (Å²) in [6.07, 6.45) is 8.41. The largest absolute Gasteiger partial charge is 0.216 e. The zero-order valence-electron chi connectivity index (χ0n) is 12.7. The van der Waals surface area contributed by atoms with Gasteiger partial charge in [-0.3, -0.25) is 0 Å². The van der Waals surface area contributed by atoms with Crippen LogP contribution in [-0.2, 0) is 6.42 Å². The number of hydrogen-bond acceptors (Lipinski definition) is 0. The van der Waals surface area contributed by atoms with Gasteiger partial charge in [-0.1, -0.05) is 74.7 Å². The Morgan fingerprint density at radius 1 is 0.810 bits per heavy atom. The molecule has 0 saturated carbocycles. The number of halogens is 1. The molecule has 0 saturated heterocycles. The Morgan fingerprint density at radius 3 is 2.00 bits per heavy atom. The molecule has 0 bridgehead atoms. The quantitative estimate of drug-likeness (QED) is 0.514. The Hall–Kier alpha value is -1.89. The van der Waals surface area contributed by atoms with Gasteiger partial charge in [0, 0.05) is 0 Å². The third-order valence-electron chi connectivity index (χ3n) is 3.77. The lowest BCUT2D eigenvalue weighted by molar-refractivity contribution is 0.667. The van der Waals surface area contributed by atoms with Crippen molar-refractivity contribution in [1.29, 1.82) is 0 Å². The molecule has 2 aromatic rings. The Labute approximate surface area is 127 Å². The van der Waals surface area contributed by atoms with E-state index in [1.807, 2.05) is 24.3 Å². The van der Waals surface area contributed by atoms with Crippen LogP contribution < -0.4 is 0 Å². The molecule has 2 rings (SSSR count). The van der Waals surface area contributed by atoms with E-state index in [1.54, 1.807) is 0 Å². The predicted molar refractivity (Wildman–Crippen MR) is 89.9 cm³/mol. The maximum Gasteiger partial charge on any atom is 0.0872 e. The van der Waals surface area contributed by atoms with E-state index in [1.165, 1.54) is 54.9 Å². The van der Waals surface area contributed by atoms with E-state index in [4.69, 9.17) is 0 Å². The molecule has 0 aliphatic carbocycles. The summed E-state index contributed by atoms with van der Waals surface area (Å²) in [5, 5.41) is 0. The SMILES string of the molecule is CCCCCCc1ccc(-c2ccc(/C=C/F)cc2)cc1. The van der Waals surface area contributed by atoms with Gasteiger partial charge in [-0.15, -0.1) is 0 Å². The predicted octanol–water partition coefficient (Wildman–Crippen LogP) is 6.42. The van der Waals surface area contributed by atoms with Gasteiger partial charge in [-0.05, 0) is 41.2 Å². The first-order chi connectivity index (χ1) is 10.3. The Kier molecular flexibility index (Phi) is 6.21. The van der Waals surface area contributed by atoms with Gasteiger partial charge in [0.25, 0.3) is 0 Å². The summed E-state index contributed by atoms with van der Waals surface area (Å²) in [4.78, 5) is 0. The van der Waals surface area contributed by atoms with Crippen molar-refractivity contribution in [3.05, 3.63) is 66.0 Å². The van der Waals surface area contributed by atoms with Crippen molar-refractivity contribution in [3.63, 3.8) is 0 Å². The highest BCUT2D eigenvalue weighted by molar-refractivity contribution is 5.65. The minimum atomic E-state index is 0.572. The van der Waals surface area contributed by atoms with Gasteiger partial charge >= 0.3 is 0 Å². The van der Waals surface area contributed by atoms with Crippen molar-refractivity contribution >= 4 is 6.08 Å². The number of benzene rings is 2. The normalized spacial score (nSPS) is 11.1. The zero-order chi connectivity index (χ0) is 14.9. The van der Waals surface area contributed by atoms with Gasteiger partial charge in [-0.25, -0.2) is 4.39 Å². The molecular formula is C20H23F. The van der Waals surface area contributed by atoms with Crippen LogP contribution in [0.4, 0.5) is 4.39 Å². The number of unbranched alkanes of at least 4 members (excludes halogenated alkanes) is 3. The minimum absolute atomic E-state index is 0.572. The molecule has 0 amide bonds. The molecule has 0 heterocycles. The summed E-state index contributed by atoms with van der Waals surface area (Å²) in [5.41, 5.74) is 4.67. The van der Waals surface area contributed by atoms with E-state index < -0.39 is 0 Å². The van der Waals surface area contributed by atoms with Crippen molar-refractivity contribution in [2.24, 2.45) is 0 Å². The monoisotopic (exact) mass is 282 g/mol. The first kappa shape index (κ1) is 15.5. The smallest absolute Gasteiger partial charge is 0.0872 e. The van der Waals surface area contributed by atoms with E-state index in [0.29, 0.717) is 6.33 Å². The van der Waals surface area contributed by atoms with Crippen molar-refractivity contribution in [2.45, 2.75) is 39.0 Å². The van der Waals surface area contributed by atoms with Crippen molar-refractivity contribution in [1.82, 2.24) is 0 Å². The third kappa shape index (κ3) is 4.86. The standard InChI is InChI=1S/C20H23F/c1-2-3-4-5-6-17-7-11-19(12-8-17)20-13-9-18(10-14-20)15-16-21/h7-16H,2-6H2,1H3/b16-15+. The van der Waals surface area contributed by atoms with Crippen LogP contribution in [-0.4, -0.2) is 0 Å². The highest BCUT2D eigenvalue weighted by Gasteiger charge is 1.99. The van der Waals surface area contributed by atoms with Crippen molar-refractivity contribution < 1.29 is 4.39 Å². The van der Waals surface area contributed by atoms with Gasteiger partial charge in [0.05, 0.1) is 6.33 Å². The molecule has 0 atom stereocenters. The van der Waals surface area contributed by atoms with Crippen LogP contribution >= 0.6 is 0 Å². The molecule has 110 valence electrons. The average molecular weight is 282 g/mol.